The van der Waals surface area contributed by atoms with Crippen LogP contribution in [0.3, 0.4) is 0 Å². The number of hydrogen-bond acceptors (Lipinski definition) is 8. The molecule has 6 nitrogen and oxygen atoms in total. The van der Waals surface area contributed by atoms with Crippen molar-refractivity contribution in [1.82, 2.24) is 9.80 Å². The van der Waals surface area contributed by atoms with E-state index in [4.69, 9.17) is 24.4 Å². The number of nitrogens with zero attached hydrogens (tertiary/aromatic N) is 2. The summed E-state index contributed by atoms with van der Waals surface area (Å²) < 4.78 is 49.1. The van der Waals surface area contributed by atoms with Crippen LogP contribution >= 0.6 is 48.0 Å². The van der Waals surface area contributed by atoms with E-state index in [1.807, 2.05) is 0 Å². The molecule has 4 rings (SSSR count). The van der Waals surface area contributed by atoms with Crippen molar-refractivity contribution >= 4 is 76.3 Å². The molecule has 4 heterocycles. The minimum absolute atomic E-state index is 0.0581. The van der Waals surface area contributed by atoms with Crippen LogP contribution in [-0.4, -0.2) is 94.0 Å². The summed E-state index contributed by atoms with van der Waals surface area (Å²) in [7, 11) is -5.83. The second kappa shape index (κ2) is 8.14. The molecule has 0 bridgehead atoms. The Morgan fingerprint density at radius 2 is 1.11 bits per heavy atom. The van der Waals surface area contributed by atoms with Crippen LogP contribution in [0.25, 0.3) is 0 Å². The van der Waals surface area contributed by atoms with E-state index >= 15 is 0 Å². The Labute approximate surface area is 186 Å². The fourth-order valence-corrected chi connectivity index (χ4v) is 13.3. The van der Waals surface area contributed by atoms with E-state index in [0.29, 0.717) is 0 Å². The molecule has 4 atom stereocenters. The average molecular weight is 501 g/mol. The Morgan fingerprint density at radius 3 is 1.50 bits per heavy atom. The number of thiocarbonyl (C=S) groups is 2. The molecule has 0 N–H and O–H groups in total. The molecule has 4 aliphatic rings. The molecule has 0 spiro atoms. The Balaban J connectivity index is 1.18. The second-order valence-corrected chi connectivity index (χ2v) is 16.0. The molecule has 12 heteroatoms. The van der Waals surface area contributed by atoms with Crippen LogP contribution in [-0.2, 0) is 19.7 Å². The van der Waals surface area contributed by atoms with Crippen molar-refractivity contribution in [3.8, 4) is 0 Å². The molecular formula is C16H24N2O4S6. The maximum atomic E-state index is 11.8. The summed E-state index contributed by atoms with van der Waals surface area (Å²) in [5.41, 5.74) is 0. The van der Waals surface area contributed by atoms with Crippen LogP contribution in [0.15, 0.2) is 0 Å². The van der Waals surface area contributed by atoms with Gasteiger partial charge in [0.05, 0.1) is 35.1 Å². The van der Waals surface area contributed by atoms with Crippen molar-refractivity contribution in [3.05, 3.63) is 0 Å². The maximum Gasteiger partial charge on any atom is 0.153 e. The van der Waals surface area contributed by atoms with Crippen LogP contribution < -0.4 is 0 Å². The lowest BCUT2D eigenvalue weighted by molar-refractivity contribution is 0.336. The first-order valence-corrected chi connectivity index (χ1v) is 15.7. The van der Waals surface area contributed by atoms with E-state index in [1.165, 1.54) is 0 Å². The monoisotopic (exact) mass is 500 g/mol. The minimum atomic E-state index is -2.92. The highest BCUT2D eigenvalue weighted by Crippen LogP contribution is 2.39. The third-order valence-corrected chi connectivity index (χ3v) is 13.2. The predicted octanol–water partition coefficient (Wildman–Crippen LogP) is 1.55. The largest absolute Gasteiger partial charge is 0.352 e. The molecule has 0 radical (unpaired) electrons. The summed E-state index contributed by atoms with van der Waals surface area (Å²) in [6.45, 7) is 1.65. The van der Waals surface area contributed by atoms with Crippen molar-refractivity contribution in [2.45, 2.75) is 48.3 Å². The molecule has 0 aliphatic carbocycles. The SMILES string of the molecule is O=S1(=O)C[C@@H]2SC(=S)N(CCCCCCN3C(=S)S[C@@H]4CS(=O)(=O)C[C@H]43)[C@@H]2C1. The molecule has 0 amide bonds. The molecule has 0 saturated carbocycles. The Bertz CT molecular complexity index is 802. The van der Waals surface area contributed by atoms with Crippen molar-refractivity contribution in [2.24, 2.45) is 0 Å². The molecule has 0 aromatic heterocycles. The fourth-order valence-electron chi connectivity index (χ4n) is 4.50. The van der Waals surface area contributed by atoms with Gasteiger partial charge >= 0.3 is 0 Å². The normalized spacial score (nSPS) is 35.6. The molecule has 4 saturated heterocycles. The van der Waals surface area contributed by atoms with Gasteiger partial charge in [0, 0.05) is 23.6 Å². The molecule has 28 heavy (non-hydrogen) atoms. The van der Waals surface area contributed by atoms with E-state index in [0.717, 1.165) is 47.4 Å². The van der Waals surface area contributed by atoms with Crippen molar-refractivity contribution < 1.29 is 16.8 Å². The Hall–Kier alpha value is 0.380. The van der Waals surface area contributed by atoms with Crippen LogP contribution in [0.5, 0.6) is 0 Å². The number of unbranched alkanes of at least 4 members (excludes halogenated alkanes) is 3. The van der Waals surface area contributed by atoms with Gasteiger partial charge in [-0.25, -0.2) is 16.8 Å². The summed E-state index contributed by atoms with van der Waals surface area (Å²) in [6.07, 6.45) is 4.08. The fraction of sp³-hybridized carbons (Fsp3) is 0.875. The van der Waals surface area contributed by atoms with Gasteiger partial charge in [0.1, 0.15) is 8.64 Å². The number of sulfone groups is 2. The van der Waals surface area contributed by atoms with Crippen LogP contribution in [0, 0.1) is 0 Å². The molecule has 4 fully saturated rings. The second-order valence-electron chi connectivity index (χ2n) is 7.93. The summed E-state index contributed by atoms with van der Waals surface area (Å²) in [4.78, 5) is 4.24. The highest BCUT2D eigenvalue weighted by molar-refractivity contribution is 8.24. The van der Waals surface area contributed by atoms with E-state index in [9.17, 15) is 16.8 Å². The summed E-state index contributed by atoms with van der Waals surface area (Å²) in [5.74, 6) is 0.982. The zero-order chi connectivity index (χ0) is 20.1. The summed E-state index contributed by atoms with van der Waals surface area (Å²) >= 11 is 14.0. The smallest absolute Gasteiger partial charge is 0.153 e. The van der Waals surface area contributed by atoms with Crippen LogP contribution in [0.4, 0.5) is 0 Å². The average Bonchev–Trinajstić information content (AvgIpc) is 3.20. The molecule has 0 aromatic carbocycles. The van der Waals surface area contributed by atoms with Gasteiger partial charge in [-0.1, -0.05) is 60.8 Å². The van der Waals surface area contributed by atoms with E-state index < -0.39 is 19.7 Å². The Morgan fingerprint density at radius 1 is 0.714 bits per heavy atom. The molecule has 158 valence electrons. The zero-order valence-electron chi connectivity index (χ0n) is 15.4. The van der Waals surface area contributed by atoms with Crippen LogP contribution in [0.2, 0.25) is 0 Å². The van der Waals surface area contributed by atoms with Crippen molar-refractivity contribution in [3.63, 3.8) is 0 Å². The van der Waals surface area contributed by atoms with Crippen molar-refractivity contribution in [2.75, 3.05) is 36.1 Å². The highest BCUT2D eigenvalue weighted by atomic mass is 32.2. The topological polar surface area (TPSA) is 74.8 Å². The van der Waals surface area contributed by atoms with Gasteiger partial charge in [-0.05, 0) is 12.8 Å². The third-order valence-electron chi connectivity index (χ3n) is 5.87. The number of rotatable bonds is 7. The zero-order valence-corrected chi connectivity index (χ0v) is 20.3. The van der Waals surface area contributed by atoms with E-state index in [2.05, 4.69) is 9.80 Å². The van der Waals surface area contributed by atoms with Gasteiger partial charge in [-0.15, -0.1) is 0 Å². The van der Waals surface area contributed by atoms with Gasteiger partial charge in [0.25, 0.3) is 0 Å². The number of hydrogen-bond donors (Lipinski definition) is 0. The van der Waals surface area contributed by atoms with Crippen LogP contribution in [0.1, 0.15) is 25.7 Å². The third kappa shape index (κ3) is 4.51. The van der Waals surface area contributed by atoms with E-state index in [1.54, 1.807) is 23.5 Å². The van der Waals surface area contributed by atoms with Gasteiger partial charge in [-0.2, -0.15) is 0 Å². The lowest BCUT2D eigenvalue weighted by atomic mass is 10.1. The predicted molar refractivity (Wildman–Crippen MR) is 125 cm³/mol. The molecule has 0 unspecified atom stereocenters. The number of thioether (sulfide) groups is 2. The molecular weight excluding hydrogens is 477 g/mol. The van der Waals surface area contributed by atoms with E-state index in [-0.39, 0.29) is 45.6 Å². The lowest BCUT2D eigenvalue weighted by Crippen LogP contribution is -2.37. The molecule has 0 aromatic rings. The quantitative estimate of drug-likeness (QED) is 0.380. The standard InChI is InChI=1S/C16H24N2O4S6/c19-27(20)7-11-13(9-27)25-15(23)17(11)5-3-1-2-4-6-18-12-8-28(21,22)10-14(12)26-16(18)24/h11-14H,1-10H2/t11-,12-,13-,14+/m1/s1. The Kier molecular flexibility index (Phi) is 6.28. The van der Waals surface area contributed by atoms with Gasteiger partial charge in [0.15, 0.2) is 19.7 Å². The van der Waals surface area contributed by atoms with Gasteiger partial charge in [-0.3, -0.25) is 0 Å². The van der Waals surface area contributed by atoms with Gasteiger partial charge in [0.2, 0.25) is 0 Å². The first-order chi connectivity index (χ1) is 13.2. The lowest BCUT2D eigenvalue weighted by Gasteiger charge is -2.25. The number of fused-ring (bicyclic) bond motifs is 2. The van der Waals surface area contributed by atoms with Crippen molar-refractivity contribution in [1.29, 1.82) is 0 Å². The summed E-state index contributed by atoms with van der Waals surface area (Å²) in [6, 6.07) is 0.116. The molecule has 4 aliphatic heterocycles. The maximum absolute atomic E-state index is 11.8. The minimum Gasteiger partial charge on any atom is -0.352 e. The highest BCUT2D eigenvalue weighted by Gasteiger charge is 2.48. The summed E-state index contributed by atoms with van der Waals surface area (Å²) in [5, 5.41) is 0.226. The first-order valence-electron chi connectivity index (χ1n) is 9.50. The first kappa shape index (κ1) is 21.6. The van der Waals surface area contributed by atoms with Gasteiger partial charge < -0.3 is 9.80 Å².